The number of rotatable bonds is 4. The molecule has 0 radical (unpaired) electrons. The molecule has 2 heterocycles. The highest BCUT2D eigenvalue weighted by Gasteiger charge is 2.14. The van der Waals surface area contributed by atoms with Gasteiger partial charge in [-0.1, -0.05) is 5.16 Å². The Bertz CT molecular complexity index is 505. The fourth-order valence-electron chi connectivity index (χ4n) is 1.11. The van der Waals surface area contributed by atoms with Gasteiger partial charge in [0.2, 0.25) is 0 Å². The molecule has 16 heavy (non-hydrogen) atoms. The van der Waals surface area contributed by atoms with Gasteiger partial charge in [-0.15, -0.1) is 11.3 Å². The molecule has 6 nitrogen and oxygen atoms in total. The van der Waals surface area contributed by atoms with Gasteiger partial charge in [0.1, 0.15) is 5.01 Å². The van der Waals surface area contributed by atoms with Gasteiger partial charge < -0.3 is 14.4 Å². The second-order valence-corrected chi connectivity index (χ2v) is 4.05. The van der Waals surface area contributed by atoms with E-state index in [0.717, 1.165) is 9.88 Å². The summed E-state index contributed by atoms with van der Waals surface area (Å²) in [6.07, 6.45) is 1.60. The number of ether oxygens (including phenoxy) is 1. The number of hydrogen-bond donors (Lipinski definition) is 1. The molecule has 0 fully saturated rings. The van der Waals surface area contributed by atoms with E-state index < -0.39 is 5.97 Å². The van der Waals surface area contributed by atoms with Crippen LogP contribution in [0.4, 0.5) is 0 Å². The predicted molar refractivity (Wildman–Crippen MR) is 55.3 cm³/mol. The van der Waals surface area contributed by atoms with E-state index in [0.29, 0.717) is 12.4 Å². The van der Waals surface area contributed by atoms with E-state index in [4.69, 9.17) is 14.4 Å². The van der Waals surface area contributed by atoms with Gasteiger partial charge in [-0.3, -0.25) is 0 Å². The van der Waals surface area contributed by atoms with Crippen molar-refractivity contribution < 1.29 is 19.2 Å². The maximum absolute atomic E-state index is 10.6. The van der Waals surface area contributed by atoms with Gasteiger partial charge in [-0.2, -0.15) is 0 Å². The summed E-state index contributed by atoms with van der Waals surface area (Å²) in [5, 5.41) is 12.9. The third-order valence-corrected chi connectivity index (χ3v) is 2.78. The molecular formula is C9H8N2O4S. The van der Waals surface area contributed by atoms with Crippen LogP contribution < -0.4 is 0 Å². The van der Waals surface area contributed by atoms with Crippen LogP contribution >= 0.6 is 11.3 Å². The summed E-state index contributed by atoms with van der Waals surface area (Å²) in [6, 6.07) is 1.37. The molecule has 1 N–H and O–H groups in total. The van der Waals surface area contributed by atoms with Crippen LogP contribution in [0, 0.1) is 0 Å². The van der Waals surface area contributed by atoms with Crippen molar-refractivity contribution in [1.82, 2.24) is 10.1 Å². The molecule has 0 aliphatic carbocycles. The Hall–Kier alpha value is -1.73. The molecular weight excluding hydrogens is 232 g/mol. The normalized spacial score (nSPS) is 10.6. The number of aromatic nitrogens is 2. The quantitative estimate of drug-likeness (QED) is 0.874. The van der Waals surface area contributed by atoms with E-state index in [1.165, 1.54) is 17.4 Å². The molecule has 7 heteroatoms. The van der Waals surface area contributed by atoms with Gasteiger partial charge in [-0.05, 0) is 0 Å². The Morgan fingerprint density at radius 2 is 2.50 bits per heavy atom. The van der Waals surface area contributed by atoms with Crippen molar-refractivity contribution in [3.05, 3.63) is 23.0 Å². The van der Waals surface area contributed by atoms with Gasteiger partial charge in [0.05, 0.1) is 11.5 Å². The van der Waals surface area contributed by atoms with Crippen molar-refractivity contribution in [1.29, 1.82) is 0 Å². The first-order valence-corrected chi connectivity index (χ1v) is 5.16. The summed E-state index contributed by atoms with van der Waals surface area (Å²) in [5.74, 6) is -0.714. The van der Waals surface area contributed by atoms with Crippen LogP contribution in [0.15, 0.2) is 16.8 Å². The molecule has 2 rings (SSSR count). The van der Waals surface area contributed by atoms with Crippen LogP contribution in [-0.2, 0) is 11.3 Å². The van der Waals surface area contributed by atoms with Gasteiger partial charge >= 0.3 is 5.97 Å². The van der Waals surface area contributed by atoms with E-state index in [2.05, 4.69) is 10.1 Å². The lowest BCUT2D eigenvalue weighted by atomic mass is 10.3. The van der Waals surface area contributed by atoms with Crippen molar-refractivity contribution in [3.63, 3.8) is 0 Å². The maximum Gasteiger partial charge on any atom is 0.358 e. The number of methoxy groups -OCH3 is 1. The van der Waals surface area contributed by atoms with Crippen molar-refractivity contribution in [2.24, 2.45) is 0 Å². The molecule has 0 saturated carbocycles. The summed E-state index contributed by atoms with van der Waals surface area (Å²) in [6.45, 7) is 0.421. The van der Waals surface area contributed by atoms with Crippen molar-refractivity contribution in [2.45, 2.75) is 6.61 Å². The number of carbonyl (C=O) groups is 1. The second kappa shape index (κ2) is 4.42. The van der Waals surface area contributed by atoms with Crippen LogP contribution in [0.3, 0.4) is 0 Å². The first-order chi connectivity index (χ1) is 7.70. The Labute approximate surface area is 94.5 Å². The zero-order valence-electron chi connectivity index (χ0n) is 8.34. The van der Waals surface area contributed by atoms with Crippen LogP contribution in [0.2, 0.25) is 0 Å². The van der Waals surface area contributed by atoms with Crippen molar-refractivity contribution >= 4 is 17.3 Å². The molecule has 0 saturated heterocycles. The maximum atomic E-state index is 10.6. The second-order valence-electron chi connectivity index (χ2n) is 2.93. The van der Waals surface area contributed by atoms with E-state index in [1.807, 2.05) is 0 Å². The predicted octanol–water partition coefficient (Wildman–Crippen LogP) is 1.64. The zero-order chi connectivity index (χ0) is 11.5. The summed E-state index contributed by atoms with van der Waals surface area (Å²) < 4.78 is 9.83. The fraction of sp³-hybridized carbons (Fsp3) is 0.222. The lowest BCUT2D eigenvalue weighted by Gasteiger charge is -1.89. The van der Waals surface area contributed by atoms with E-state index in [9.17, 15) is 4.79 Å². The van der Waals surface area contributed by atoms with Gasteiger partial charge in [0.25, 0.3) is 0 Å². The van der Waals surface area contributed by atoms with Crippen molar-refractivity contribution in [3.8, 4) is 10.6 Å². The lowest BCUT2D eigenvalue weighted by molar-refractivity contribution is 0.0686. The zero-order valence-corrected chi connectivity index (χ0v) is 9.15. The number of thiazole rings is 1. The lowest BCUT2D eigenvalue weighted by Crippen LogP contribution is -1.94. The molecule has 0 atom stereocenters. The summed E-state index contributed by atoms with van der Waals surface area (Å²) in [7, 11) is 1.58. The summed E-state index contributed by atoms with van der Waals surface area (Å²) >= 11 is 1.37. The number of hydrogen-bond acceptors (Lipinski definition) is 6. The molecule has 0 spiro atoms. The molecule has 84 valence electrons. The molecule has 0 bridgehead atoms. The molecule has 0 aromatic carbocycles. The summed E-state index contributed by atoms with van der Waals surface area (Å²) in [5.41, 5.74) is -0.114. The minimum Gasteiger partial charge on any atom is -0.476 e. The van der Waals surface area contributed by atoms with Gasteiger partial charge in [-0.25, -0.2) is 9.78 Å². The van der Waals surface area contributed by atoms with E-state index >= 15 is 0 Å². The molecule has 0 aliphatic rings. The molecule has 2 aromatic heterocycles. The summed E-state index contributed by atoms with van der Waals surface area (Å²) in [4.78, 5) is 15.4. The number of nitrogens with zero attached hydrogens (tertiary/aromatic N) is 2. The average molecular weight is 240 g/mol. The molecule has 2 aromatic rings. The smallest absolute Gasteiger partial charge is 0.358 e. The Kier molecular flexibility index (Phi) is 2.97. The Balaban J connectivity index is 2.24. The standard InChI is InChI=1S/C9H8N2O4S/c1-14-4-8-10-3-7(16-8)6-2-5(9(12)13)11-15-6/h2-3H,4H2,1H3,(H,12,13). The minimum absolute atomic E-state index is 0.114. The average Bonchev–Trinajstić information content (AvgIpc) is 2.84. The largest absolute Gasteiger partial charge is 0.476 e. The van der Waals surface area contributed by atoms with E-state index in [1.54, 1.807) is 13.3 Å². The first-order valence-electron chi connectivity index (χ1n) is 4.34. The monoisotopic (exact) mass is 240 g/mol. The number of carboxylic acids is 1. The number of carboxylic acid groups (broad SMARTS) is 1. The minimum atomic E-state index is -1.11. The molecule has 0 amide bonds. The van der Waals surface area contributed by atoms with Crippen LogP contribution in [0.25, 0.3) is 10.6 Å². The third kappa shape index (κ3) is 2.10. The van der Waals surface area contributed by atoms with Crippen LogP contribution in [0.1, 0.15) is 15.5 Å². The Morgan fingerprint density at radius 1 is 1.69 bits per heavy atom. The van der Waals surface area contributed by atoms with Gasteiger partial charge in [0, 0.05) is 19.4 Å². The van der Waals surface area contributed by atoms with E-state index in [-0.39, 0.29) is 5.69 Å². The Morgan fingerprint density at radius 3 is 3.12 bits per heavy atom. The number of aromatic carboxylic acids is 1. The first kappa shape index (κ1) is 10.8. The highest BCUT2D eigenvalue weighted by molar-refractivity contribution is 7.15. The highest BCUT2D eigenvalue weighted by Crippen LogP contribution is 2.26. The SMILES string of the molecule is COCc1ncc(-c2cc(C(=O)O)no2)s1. The van der Waals surface area contributed by atoms with Crippen LogP contribution in [0.5, 0.6) is 0 Å². The van der Waals surface area contributed by atoms with Crippen LogP contribution in [-0.4, -0.2) is 28.3 Å². The topological polar surface area (TPSA) is 85.5 Å². The molecule has 0 unspecified atom stereocenters. The highest BCUT2D eigenvalue weighted by atomic mass is 32.1. The third-order valence-electron chi connectivity index (χ3n) is 1.79. The fourth-order valence-corrected chi connectivity index (χ4v) is 1.94. The molecule has 0 aliphatic heterocycles. The van der Waals surface area contributed by atoms with Crippen molar-refractivity contribution in [2.75, 3.05) is 7.11 Å². The van der Waals surface area contributed by atoms with Gasteiger partial charge in [0.15, 0.2) is 11.5 Å².